The fourth-order valence-corrected chi connectivity index (χ4v) is 3.54. The average molecular weight is 409 g/mol. The van der Waals surface area contributed by atoms with Crippen LogP contribution in [0.25, 0.3) is 0 Å². The van der Waals surface area contributed by atoms with E-state index in [1.54, 1.807) is 4.90 Å². The highest BCUT2D eigenvalue weighted by Crippen LogP contribution is 2.15. The van der Waals surface area contributed by atoms with Crippen molar-refractivity contribution in [1.29, 1.82) is 0 Å². The van der Waals surface area contributed by atoms with Gasteiger partial charge in [0, 0.05) is 19.5 Å². The van der Waals surface area contributed by atoms with Crippen LogP contribution in [0.3, 0.4) is 0 Å². The van der Waals surface area contributed by atoms with E-state index < -0.39 is 6.04 Å². The van der Waals surface area contributed by atoms with Crippen LogP contribution in [-0.2, 0) is 29.0 Å². The number of carbonyl (C=O) groups is 2. The summed E-state index contributed by atoms with van der Waals surface area (Å²) in [5.74, 6) is -0.0292. The Kier molecular flexibility index (Phi) is 10.1. The van der Waals surface area contributed by atoms with E-state index in [0.29, 0.717) is 32.4 Å². The molecule has 4 heteroatoms. The Labute approximate surface area is 181 Å². The molecule has 0 aliphatic carbocycles. The van der Waals surface area contributed by atoms with Crippen LogP contribution < -0.4 is 5.32 Å². The maximum Gasteiger partial charge on any atom is 0.242 e. The molecule has 162 valence electrons. The van der Waals surface area contributed by atoms with E-state index in [-0.39, 0.29) is 11.8 Å². The van der Waals surface area contributed by atoms with Gasteiger partial charge in [0.1, 0.15) is 6.04 Å². The average Bonchev–Trinajstić information content (AvgIpc) is 2.78. The lowest BCUT2D eigenvalue weighted by molar-refractivity contribution is -0.141. The predicted molar refractivity (Wildman–Crippen MR) is 123 cm³/mol. The minimum Gasteiger partial charge on any atom is -0.354 e. The van der Waals surface area contributed by atoms with Gasteiger partial charge in [-0.15, -0.1) is 0 Å². The number of aryl methyl sites for hydroxylation is 2. The van der Waals surface area contributed by atoms with Crippen LogP contribution >= 0.6 is 0 Å². The third kappa shape index (κ3) is 7.33. The number of carbonyl (C=O) groups excluding carboxylic acids is 2. The minimum absolute atomic E-state index is 0.0240. The molecule has 0 unspecified atom stereocenters. The molecule has 0 heterocycles. The molecule has 2 amide bonds. The molecule has 0 aliphatic rings. The summed E-state index contributed by atoms with van der Waals surface area (Å²) in [6.45, 7) is 7.31. The number of nitrogens with zero attached hydrogens (tertiary/aromatic N) is 1. The summed E-state index contributed by atoms with van der Waals surface area (Å²) < 4.78 is 0. The lowest BCUT2D eigenvalue weighted by Crippen LogP contribution is -2.49. The van der Waals surface area contributed by atoms with Crippen molar-refractivity contribution in [2.75, 3.05) is 6.54 Å². The number of hydrogen-bond donors (Lipinski definition) is 1. The summed E-state index contributed by atoms with van der Waals surface area (Å²) in [5.41, 5.74) is 3.49. The molecule has 0 saturated carbocycles. The van der Waals surface area contributed by atoms with Gasteiger partial charge in [-0.2, -0.15) is 0 Å². The van der Waals surface area contributed by atoms with Gasteiger partial charge in [0.15, 0.2) is 0 Å². The second-order valence-electron chi connectivity index (χ2n) is 7.75. The Morgan fingerprint density at radius 3 is 2.17 bits per heavy atom. The Bertz CT molecular complexity index is 771. The number of benzene rings is 2. The molecule has 1 atom stereocenters. The predicted octanol–water partition coefficient (Wildman–Crippen LogP) is 4.91. The summed E-state index contributed by atoms with van der Waals surface area (Å²) >= 11 is 0. The third-order valence-corrected chi connectivity index (χ3v) is 5.47. The first-order valence-electron chi connectivity index (χ1n) is 11.3. The first kappa shape index (κ1) is 23.7. The molecular formula is C26H36N2O2. The first-order chi connectivity index (χ1) is 14.6. The Morgan fingerprint density at radius 1 is 0.900 bits per heavy atom. The molecule has 0 bridgehead atoms. The van der Waals surface area contributed by atoms with Gasteiger partial charge >= 0.3 is 0 Å². The van der Waals surface area contributed by atoms with E-state index >= 15 is 0 Å². The zero-order valence-corrected chi connectivity index (χ0v) is 18.7. The van der Waals surface area contributed by atoms with Crippen molar-refractivity contribution in [3.63, 3.8) is 0 Å². The maximum absolute atomic E-state index is 13.2. The highest BCUT2D eigenvalue weighted by molar-refractivity contribution is 5.87. The molecular weight excluding hydrogens is 372 g/mol. The van der Waals surface area contributed by atoms with Gasteiger partial charge in [0.2, 0.25) is 11.8 Å². The summed E-state index contributed by atoms with van der Waals surface area (Å²) in [7, 11) is 0. The molecule has 0 spiro atoms. The lowest BCUT2D eigenvalue weighted by Gasteiger charge is -2.31. The van der Waals surface area contributed by atoms with E-state index in [1.165, 1.54) is 5.56 Å². The number of unbranched alkanes of at least 4 members (excludes halogenated alkanes) is 1. The molecule has 0 fully saturated rings. The van der Waals surface area contributed by atoms with Crippen molar-refractivity contribution >= 4 is 11.8 Å². The summed E-state index contributed by atoms with van der Waals surface area (Å²) in [6, 6.07) is 17.9. The Morgan fingerprint density at radius 2 is 1.57 bits per heavy atom. The summed E-state index contributed by atoms with van der Waals surface area (Å²) in [5, 5.41) is 3.01. The van der Waals surface area contributed by atoms with Crippen molar-refractivity contribution in [3.8, 4) is 0 Å². The first-order valence-corrected chi connectivity index (χ1v) is 11.3. The maximum atomic E-state index is 13.2. The minimum atomic E-state index is -0.447. The van der Waals surface area contributed by atoms with Crippen molar-refractivity contribution in [2.24, 2.45) is 0 Å². The van der Waals surface area contributed by atoms with Crippen molar-refractivity contribution < 1.29 is 9.59 Å². The highest BCUT2D eigenvalue weighted by Gasteiger charge is 2.28. The van der Waals surface area contributed by atoms with Gasteiger partial charge in [-0.05, 0) is 42.4 Å². The molecule has 4 nitrogen and oxygen atoms in total. The zero-order chi connectivity index (χ0) is 21.8. The van der Waals surface area contributed by atoms with Crippen molar-refractivity contribution in [3.05, 3.63) is 71.3 Å². The molecule has 0 radical (unpaired) electrons. The third-order valence-electron chi connectivity index (χ3n) is 5.47. The number of amides is 2. The van der Waals surface area contributed by atoms with E-state index in [1.807, 2.05) is 37.3 Å². The van der Waals surface area contributed by atoms with Crippen LogP contribution in [0, 0.1) is 0 Å². The molecule has 30 heavy (non-hydrogen) atoms. The Balaban J connectivity index is 2.11. The normalized spacial score (nSPS) is 11.7. The van der Waals surface area contributed by atoms with Crippen LogP contribution in [-0.4, -0.2) is 29.3 Å². The van der Waals surface area contributed by atoms with Gasteiger partial charge in [-0.3, -0.25) is 9.59 Å². The SMILES string of the molecule is CCCCNC(=O)[C@H](CC)N(Cc1ccccc1)C(=O)CCc1ccc(CC)cc1. The standard InChI is InChI=1S/C26H36N2O2/c1-4-7-19-27-26(30)24(6-3)28(20-23-11-9-8-10-12-23)25(29)18-17-22-15-13-21(5-2)14-16-22/h8-16,24H,4-7,17-20H2,1-3H3,(H,27,30)/t24-/m0/s1. The van der Waals surface area contributed by atoms with Crippen LogP contribution in [0.1, 0.15) is 63.1 Å². The molecule has 2 aromatic carbocycles. The molecule has 1 N–H and O–H groups in total. The second kappa shape index (κ2) is 12.8. The monoisotopic (exact) mass is 408 g/mol. The van der Waals surface area contributed by atoms with Gasteiger partial charge in [-0.1, -0.05) is 81.8 Å². The van der Waals surface area contributed by atoms with Crippen LogP contribution in [0.5, 0.6) is 0 Å². The van der Waals surface area contributed by atoms with E-state index in [0.717, 1.165) is 30.4 Å². The van der Waals surface area contributed by atoms with Crippen molar-refractivity contribution in [1.82, 2.24) is 10.2 Å². The zero-order valence-electron chi connectivity index (χ0n) is 18.7. The Hall–Kier alpha value is -2.62. The highest BCUT2D eigenvalue weighted by atomic mass is 16.2. The number of rotatable bonds is 12. The molecule has 0 aromatic heterocycles. The number of nitrogens with one attached hydrogen (secondary N) is 1. The lowest BCUT2D eigenvalue weighted by atomic mass is 10.0. The number of hydrogen-bond acceptors (Lipinski definition) is 2. The second-order valence-corrected chi connectivity index (χ2v) is 7.75. The van der Waals surface area contributed by atoms with Crippen LogP contribution in [0.15, 0.2) is 54.6 Å². The van der Waals surface area contributed by atoms with Gasteiger partial charge in [0.25, 0.3) is 0 Å². The van der Waals surface area contributed by atoms with E-state index in [2.05, 4.69) is 43.4 Å². The fraction of sp³-hybridized carbons (Fsp3) is 0.462. The molecule has 0 saturated heterocycles. The van der Waals surface area contributed by atoms with Gasteiger partial charge in [-0.25, -0.2) is 0 Å². The molecule has 0 aliphatic heterocycles. The van der Waals surface area contributed by atoms with E-state index in [4.69, 9.17) is 0 Å². The fourth-order valence-electron chi connectivity index (χ4n) is 3.54. The van der Waals surface area contributed by atoms with Crippen LogP contribution in [0.4, 0.5) is 0 Å². The quantitative estimate of drug-likeness (QED) is 0.508. The smallest absolute Gasteiger partial charge is 0.242 e. The topological polar surface area (TPSA) is 49.4 Å². The summed E-state index contributed by atoms with van der Waals surface area (Å²) in [4.78, 5) is 27.8. The molecule has 2 rings (SSSR count). The van der Waals surface area contributed by atoms with E-state index in [9.17, 15) is 9.59 Å². The molecule has 2 aromatic rings. The van der Waals surface area contributed by atoms with Crippen LogP contribution in [0.2, 0.25) is 0 Å². The largest absolute Gasteiger partial charge is 0.354 e. The van der Waals surface area contributed by atoms with Gasteiger partial charge in [0.05, 0.1) is 0 Å². The van der Waals surface area contributed by atoms with Gasteiger partial charge < -0.3 is 10.2 Å². The van der Waals surface area contributed by atoms with Crippen molar-refractivity contribution in [2.45, 2.75) is 71.9 Å². The summed E-state index contributed by atoms with van der Waals surface area (Å²) in [6.07, 6.45) is 4.67.